The second kappa shape index (κ2) is 4.91. The number of esters is 1. The molecular formula is C18H11NO4. The molecule has 0 aliphatic carbocycles. The van der Waals surface area contributed by atoms with Gasteiger partial charge in [0.1, 0.15) is 12.0 Å². The normalized spacial score (nSPS) is 13.7. The summed E-state index contributed by atoms with van der Waals surface area (Å²) >= 11 is 0. The summed E-state index contributed by atoms with van der Waals surface area (Å²) in [4.78, 5) is 36.7. The molecule has 4 rings (SSSR count). The van der Waals surface area contributed by atoms with Crippen LogP contribution in [-0.4, -0.2) is 16.3 Å². The highest BCUT2D eigenvalue weighted by Crippen LogP contribution is 2.32. The summed E-state index contributed by atoms with van der Waals surface area (Å²) in [5.41, 5.74) is 0.709. The van der Waals surface area contributed by atoms with Gasteiger partial charge in [0, 0.05) is 11.1 Å². The van der Waals surface area contributed by atoms with Gasteiger partial charge in [0.25, 0.3) is 5.56 Å². The van der Waals surface area contributed by atoms with E-state index in [0.29, 0.717) is 16.6 Å². The van der Waals surface area contributed by atoms with Gasteiger partial charge in [0.15, 0.2) is 11.5 Å². The van der Waals surface area contributed by atoms with Gasteiger partial charge in [-0.3, -0.25) is 19.0 Å². The highest BCUT2D eigenvalue weighted by molar-refractivity contribution is 6.14. The van der Waals surface area contributed by atoms with Crippen molar-refractivity contribution in [2.24, 2.45) is 0 Å². The number of hydrogen-bond donors (Lipinski definition) is 0. The van der Waals surface area contributed by atoms with Crippen LogP contribution >= 0.6 is 0 Å². The summed E-state index contributed by atoms with van der Waals surface area (Å²) in [5.74, 6) is -1.07. The number of Topliss-reactive ketones (excluding diaryl/α,β-unsaturated/α-hetero) is 1. The second-order valence-corrected chi connectivity index (χ2v) is 5.27. The standard InChI is InChI=1S/C18H11NO4/c20-14-10-15(21)23-17-12-8-4-5-9-13(12)19(18(22)16(14)17)11-6-2-1-3-7-11/h1-9H,10H2. The molecule has 0 spiro atoms. The lowest BCUT2D eigenvalue weighted by Crippen LogP contribution is -2.32. The van der Waals surface area contributed by atoms with Crippen molar-refractivity contribution in [1.82, 2.24) is 4.57 Å². The summed E-state index contributed by atoms with van der Waals surface area (Å²) < 4.78 is 6.69. The van der Waals surface area contributed by atoms with E-state index in [4.69, 9.17) is 4.74 Å². The van der Waals surface area contributed by atoms with Gasteiger partial charge in [-0.15, -0.1) is 0 Å². The van der Waals surface area contributed by atoms with Crippen molar-refractivity contribution in [2.75, 3.05) is 0 Å². The quantitative estimate of drug-likeness (QED) is 0.512. The molecule has 0 saturated heterocycles. The van der Waals surface area contributed by atoms with Crippen molar-refractivity contribution in [3.63, 3.8) is 0 Å². The lowest BCUT2D eigenvalue weighted by molar-refractivity contribution is -0.133. The Balaban J connectivity index is 2.19. The molecule has 1 aliphatic heterocycles. The van der Waals surface area contributed by atoms with Crippen LogP contribution in [0.25, 0.3) is 16.6 Å². The van der Waals surface area contributed by atoms with E-state index in [9.17, 15) is 14.4 Å². The third-order valence-electron chi connectivity index (χ3n) is 3.85. The van der Waals surface area contributed by atoms with E-state index in [1.165, 1.54) is 4.57 Å². The summed E-state index contributed by atoms with van der Waals surface area (Å²) in [6.45, 7) is 0. The third kappa shape index (κ3) is 1.97. The van der Waals surface area contributed by atoms with Gasteiger partial charge in [-0.2, -0.15) is 0 Å². The van der Waals surface area contributed by atoms with Crippen molar-refractivity contribution in [3.05, 3.63) is 70.5 Å². The summed E-state index contributed by atoms with van der Waals surface area (Å²) in [6.07, 6.45) is -0.407. The zero-order chi connectivity index (χ0) is 16.0. The Kier molecular flexibility index (Phi) is 2.87. The molecule has 0 N–H and O–H groups in total. The van der Waals surface area contributed by atoms with E-state index in [-0.39, 0.29) is 11.3 Å². The number of fused-ring (bicyclic) bond motifs is 3. The van der Waals surface area contributed by atoms with Crippen LogP contribution in [0.3, 0.4) is 0 Å². The fourth-order valence-electron chi connectivity index (χ4n) is 2.87. The Labute approximate surface area is 130 Å². The van der Waals surface area contributed by atoms with Gasteiger partial charge in [-0.05, 0) is 24.3 Å². The first-order valence-electron chi connectivity index (χ1n) is 7.14. The van der Waals surface area contributed by atoms with Crippen molar-refractivity contribution in [2.45, 2.75) is 6.42 Å². The number of ether oxygens (including phenoxy) is 1. The fraction of sp³-hybridized carbons (Fsp3) is 0.0556. The molecule has 23 heavy (non-hydrogen) atoms. The average molecular weight is 305 g/mol. The zero-order valence-corrected chi connectivity index (χ0v) is 12.0. The number of nitrogens with zero attached hydrogens (tertiary/aromatic N) is 1. The van der Waals surface area contributed by atoms with Crippen molar-refractivity contribution < 1.29 is 14.3 Å². The molecule has 5 nitrogen and oxygen atoms in total. The van der Waals surface area contributed by atoms with Crippen LogP contribution in [0.1, 0.15) is 16.8 Å². The minimum absolute atomic E-state index is 0.0628. The highest BCUT2D eigenvalue weighted by atomic mass is 16.5. The summed E-state index contributed by atoms with van der Waals surface area (Å²) in [5, 5.41) is 0.562. The van der Waals surface area contributed by atoms with Crippen LogP contribution in [0.15, 0.2) is 59.4 Å². The van der Waals surface area contributed by atoms with E-state index in [1.807, 2.05) is 18.2 Å². The Bertz CT molecular complexity index is 1020. The number of pyridine rings is 1. The van der Waals surface area contributed by atoms with Crippen LogP contribution in [-0.2, 0) is 4.79 Å². The van der Waals surface area contributed by atoms with Gasteiger partial charge in [0.05, 0.1) is 5.52 Å². The van der Waals surface area contributed by atoms with Gasteiger partial charge in [-0.1, -0.05) is 30.3 Å². The number of para-hydroxylation sites is 2. The SMILES string of the molecule is O=C1CC(=O)c2c(c3ccccc3n(-c3ccccc3)c2=O)O1. The molecule has 0 radical (unpaired) electrons. The number of ketones is 1. The summed E-state index contributed by atoms with van der Waals surface area (Å²) in [6, 6.07) is 16.1. The molecule has 1 aromatic heterocycles. The first kappa shape index (κ1) is 13.5. The number of hydrogen-bond acceptors (Lipinski definition) is 4. The van der Waals surface area contributed by atoms with E-state index in [1.54, 1.807) is 36.4 Å². The van der Waals surface area contributed by atoms with Gasteiger partial charge >= 0.3 is 5.97 Å². The Morgan fingerprint density at radius 2 is 1.57 bits per heavy atom. The largest absolute Gasteiger partial charge is 0.424 e. The van der Waals surface area contributed by atoms with E-state index in [0.717, 1.165) is 0 Å². The highest BCUT2D eigenvalue weighted by Gasteiger charge is 2.31. The number of rotatable bonds is 1. The molecule has 2 aromatic carbocycles. The van der Waals surface area contributed by atoms with Crippen molar-refractivity contribution >= 4 is 22.7 Å². The van der Waals surface area contributed by atoms with Gasteiger partial charge in [0.2, 0.25) is 0 Å². The predicted molar refractivity (Wildman–Crippen MR) is 84.1 cm³/mol. The maximum absolute atomic E-state index is 12.9. The molecular weight excluding hydrogens is 294 g/mol. The van der Waals surface area contributed by atoms with Crippen LogP contribution in [0, 0.1) is 0 Å². The van der Waals surface area contributed by atoms with Crippen LogP contribution in [0.4, 0.5) is 0 Å². The molecule has 112 valence electrons. The van der Waals surface area contributed by atoms with Crippen molar-refractivity contribution in [3.8, 4) is 11.4 Å². The lowest BCUT2D eigenvalue weighted by atomic mass is 10.0. The Morgan fingerprint density at radius 3 is 2.35 bits per heavy atom. The van der Waals surface area contributed by atoms with E-state index >= 15 is 0 Å². The topological polar surface area (TPSA) is 65.4 Å². The lowest BCUT2D eigenvalue weighted by Gasteiger charge is -2.19. The zero-order valence-electron chi connectivity index (χ0n) is 12.0. The molecule has 0 bridgehead atoms. The van der Waals surface area contributed by atoms with Crippen molar-refractivity contribution in [1.29, 1.82) is 0 Å². The monoisotopic (exact) mass is 305 g/mol. The van der Waals surface area contributed by atoms with Gasteiger partial charge in [-0.25, -0.2) is 0 Å². The molecule has 0 atom stereocenters. The van der Waals surface area contributed by atoms with Crippen LogP contribution in [0.2, 0.25) is 0 Å². The molecule has 0 amide bonds. The van der Waals surface area contributed by atoms with Gasteiger partial charge < -0.3 is 4.74 Å². The molecule has 0 unspecified atom stereocenters. The Morgan fingerprint density at radius 1 is 0.870 bits per heavy atom. The number of carbonyl (C=O) groups excluding carboxylic acids is 2. The second-order valence-electron chi connectivity index (χ2n) is 5.27. The summed E-state index contributed by atoms with van der Waals surface area (Å²) in [7, 11) is 0. The maximum atomic E-state index is 12.9. The molecule has 0 saturated carbocycles. The first-order chi connectivity index (χ1) is 11.2. The predicted octanol–water partition coefficient (Wildman–Crippen LogP) is 2.48. The molecule has 3 aromatic rings. The number of benzene rings is 2. The molecule has 5 heteroatoms. The number of carbonyl (C=O) groups is 2. The van der Waals surface area contributed by atoms with E-state index in [2.05, 4.69) is 0 Å². The number of aromatic nitrogens is 1. The minimum Gasteiger partial charge on any atom is -0.424 e. The van der Waals surface area contributed by atoms with Crippen LogP contribution in [0.5, 0.6) is 5.75 Å². The molecule has 2 heterocycles. The minimum atomic E-state index is -0.635. The first-order valence-corrected chi connectivity index (χ1v) is 7.14. The van der Waals surface area contributed by atoms with E-state index < -0.39 is 23.7 Å². The molecule has 0 fully saturated rings. The van der Waals surface area contributed by atoms with Crippen LogP contribution < -0.4 is 10.3 Å². The smallest absolute Gasteiger partial charge is 0.319 e. The third-order valence-corrected chi connectivity index (χ3v) is 3.85. The Hall–Kier alpha value is -3.21. The molecule has 1 aliphatic rings. The maximum Gasteiger partial charge on any atom is 0.319 e. The fourth-order valence-corrected chi connectivity index (χ4v) is 2.87. The average Bonchev–Trinajstić information content (AvgIpc) is 2.55.